The molecule has 6 heteroatoms. The lowest BCUT2D eigenvalue weighted by atomic mass is 10.1. The van der Waals surface area contributed by atoms with Gasteiger partial charge in [0, 0.05) is 26.5 Å². The zero-order valence-electron chi connectivity index (χ0n) is 10.9. The number of carbonyl (C=O) groups excluding carboxylic acids is 1. The predicted molar refractivity (Wildman–Crippen MR) is 95.5 cm³/mol. The van der Waals surface area contributed by atoms with Gasteiger partial charge in [-0.1, -0.05) is 31.9 Å². The monoisotopic (exact) mass is 515 g/mol. The van der Waals surface area contributed by atoms with Gasteiger partial charge in [-0.3, -0.25) is 4.79 Å². The topological polar surface area (TPSA) is 29.5 Å². The first-order valence-electron chi connectivity index (χ1n) is 6.53. The Morgan fingerprint density at radius 3 is 2.75 bits per heavy atom. The Bertz CT molecular complexity index is 476. The van der Waals surface area contributed by atoms with Gasteiger partial charge in [0.25, 0.3) is 5.91 Å². The van der Waals surface area contributed by atoms with Crippen molar-refractivity contribution in [2.24, 2.45) is 0 Å². The highest BCUT2D eigenvalue weighted by molar-refractivity contribution is 14.1. The second kappa shape index (κ2) is 8.10. The molecule has 1 aliphatic heterocycles. The van der Waals surface area contributed by atoms with Crippen molar-refractivity contribution < 1.29 is 9.53 Å². The molecule has 0 radical (unpaired) electrons. The molecule has 0 aromatic heterocycles. The average molecular weight is 517 g/mol. The second-order valence-corrected chi connectivity index (χ2v) is 7.55. The minimum absolute atomic E-state index is 0.120. The third-order valence-corrected chi connectivity index (χ3v) is 5.08. The van der Waals surface area contributed by atoms with Gasteiger partial charge in [0.2, 0.25) is 0 Å². The maximum Gasteiger partial charge on any atom is 0.254 e. The van der Waals surface area contributed by atoms with E-state index in [9.17, 15) is 4.79 Å². The van der Waals surface area contributed by atoms with Crippen molar-refractivity contribution in [3.8, 4) is 0 Å². The van der Waals surface area contributed by atoms with Crippen LogP contribution in [0.4, 0.5) is 0 Å². The van der Waals surface area contributed by atoms with E-state index in [2.05, 4.69) is 54.5 Å². The van der Waals surface area contributed by atoms with Crippen molar-refractivity contribution in [2.45, 2.75) is 18.9 Å². The molecule has 0 spiro atoms. The molecule has 1 fully saturated rings. The lowest BCUT2D eigenvalue weighted by molar-refractivity contribution is 0.0159. The van der Waals surface area contributed by atoms with E-state index in [0.717, 1.165) is 51.5 Å². The molecule has 0 aliphatic carbocycles. The molecule has 0 unspecified atom stereocenters. The zero-order valence-corrected chi connectivity index (χ0v) is 16.3. The average Bonchev–Trinajstić information content (AvgIpc) is 2.47. The fourth-order valence-electron chi connectivity index (χ4n) is 2.27. The van der Waals surface area contributed by atoms with Gasteiger partial charge in [-0.2, -0.15) is 0 Å². The number of likely N-dealkylation sites (tertiary alicyclic amines) is 1. The summed E-state index contributed by atoms with van der Waals surface area (Å²) in [4.78, 5) is 14.5. The summed E-state index contributed by atoms with van der Waals surface area (Å²) in [5.74, 6) is 0.120. The quantitative estimate of drug-likeness (QED) is 0.446. The van der Waals surface area contributed by atoms with Gasteiger partial charge in [-0.05, 0) is 53.6 Å². The standard InChI is InChI=1S/C14H16Br2INO2/c15-5-8-20-11-3-6-18(7-4-11)14(19)12-9-10(16)1-2-13(12)17/h1-2,9,11H,3-8H2. The molecule has 1 aliphatic rings. The Morgan fingerprint density at radius 1 is 1.40 bits per heavy atom. The first-order valence-corrected chi connectivity index (χ1v) is 9.53. The molecule has 1 heterocycles. The SMILES string of the molecule is O=C(c1cc(Br)ccc1I)N1CCC(OCCBr)CC1. The van der Waals surface area contributed by atoms with E-state index in [1.54, 1.807) is 0 Å². The number of hydrogen-bond donors (Lipinski definition) is 0. The maximum atomic E-state index is 12.5. The molecule has 2 rings (SSSR count). The summed E-state index contributed by atoms with van der Waals surface area (Å²) in [5, 5.41) is 0.863. The maximum absolute atomic E-state index is 12.5. The molecule has 1 amide bonds. The summed E-state index contributed by atoms with van der Waals surface area (Å²) in [6.45, 7) is 2.28. The van der Waals surface area contributed by atoms with E-state index in [-0.39, 0.29) is 12.0 Å². The van der Waals surface area contributed by atoms with Gasteiger partial charge >= 0.3 is 0 Å². The third-order valence-electron chi connectivity index (χ3n) is 3.32. The van der Waals surface area contributed by atoms with Crippen LogP contribution in [-0.2, 0) is 4.74 Å². The van der Waals surface area contributed by atoms with E-state index >= 15 is 0 Å². The summed E-state index contributed by atoms with van der Waals surface area (Å²) >= 11 is 9.00. The van der Waals surface area contributed by atoms with Crippen molar-refractivity contribution in [1.82, 2.24) is 4.90 Å². The van der Waals surface area contributed by atoms with Crippen LogP contribution in [0.5, 0.6) is 0 Å². The number of benzene rings is 1. The summed E-state index contributed by atoms with van der Waals surface area (Å²) < 4.78 is 7.65. The summed E-state index contributed by atoms with van der Waals surface area (Å²) in [6, 6.07) is 5.82. The van der Waals surface area contributed by atoms with E-state index < -0.39 is 0 Å². The molecule has 0 atom stereocenters. The molecular formula is C14H16Br2INO2. The van der Waals surface area contributed by atoms with Gasteiger partial charge < -0.3 is 9.64 Å². The molecule has 1 saturated heterocycles. The summed E-state index contributed by atoms with van der Waals surface area (Å²) in [6.07, 6.45) is 2.13. The van der Waals surface area contributed by atoms with Crippen LogP contribution in [-0.4, -0.2) is 41.9 Å². The van der Waals surface area contributed by atoms with E-state index in [1.165, 1.54) is 0 Å². The first-order chi connectivity index (χ1) is 9.61. The summed E-state index contributed by atoms with van der Waals surface area (Å²) in [7, 11) is 0. The molecule has 0 bridgehead atoms. The Balaban J connectivity index is 1.96. The number of nitrogens with zero attached hydrogens (tertiary/aromatic N) is 1. The molecule has 110 valence electrons. The van der Waals surface area contributed by atoms with Crippen LogP contribution in [0, 0.1) is 3.57 Å². The molecule has 20 heavy (non-hydrogen) atoms. The molecule has 1 aromatic carbocycles. The van der Waals surface area contributed by atoms with E-state index in [4.69, 9.17) is 4.74 Å². The molecule has 0 N–H and O–H groups in total. The largest absolute Gasteiger partial charge is 0.377 e. The lowest BCUT2D eigenvalue weighted by Crippen LogP contribution is -2.41. The normalized spacial score (nSPS) is 16.4. The van der Waals surface area contributed by atoms with Crippen LogP contribution in [0.3, 0.4) is 0 Å². The summed E-state index contributed by atoms with van der Waals surface area (Å²) in [5.41, 5.74) is 0.778. The number of rotatable bonds is 4. The van der Waals surface area contributed by atoms with Gasteiger partial charge in [0.15, 0.2) is 0 Å². The van der Waals surface area contributed by atoms with Crippen LogP contribution in [0.25, 0.3) is 0 Å². The molecular weight excluding hydrogens is 501 g/mol. The first kappa shape index (κ1) is 16.7. The number of ether oxygens (including phenoxy) is 1. The highest BCUT2D eigenvalue weighted by Crippen LogP contribution is 2.22. The van der Waals surface area contributed by atoms with Crippen molar-refractivity contribution >= 4 is 60.4 Å². The zero-order chi connectivity index (χ0) is 14.5. The van der Waals surface area contributed by atoms with Crippen LogP contribution in [0.2, 0.25) is 0 Å². The number of alkyl halides is 1. The third kappa shape index (κ3) is 4.42. The number of amides is 1. The second-order valence-electron chi connectivity index (χ2n) is 4.68. The Labute approximate surface area is 149 Å². The molecule has 1 aromatic rings. The van der Waals surface area contributed by atoms with Crippen LogP contribution >= 0.6 is 54.5 Å². The lowest BCUT2D eigenvalue weighted by Gasteiger charge is -2.32. The number of piperidine rings is 1. The highest BCUT2D eigenvalue weighted by atomic mass is 127. The van der Waals surface area contributed by atoms with Gasteiger partial charge in [-0.25, -0.2) is 0 Å². The van der Waals surface area contributed by atoms with E-state index in [1.807, 2.05) is 23.1 Å². The van der Waals surface area contributed by atoms with Crippen molar-refractivity contribution in [1.29, 1.82) is 0 Å². The number of carbonyl (C=O) groups is 1. The Morgan fingerprint density at radius 2 is 2.10 bits per heavy atom. The smallest absolute Gasteiger partial charge is 0.254 e. The van der Waals surface area contributed by atoms with Gasteiger partial charge in [0.1, 0.15) is 0 Å². The number of halogens is 3. The Kier molecular flexibility index (Phi) is 6.77. The van der Waals surface area contributed by atoms with E-state index in [0.29, 0.717) is 0 Å². The molecule has 0 saturated carbocycles. The van der Waals surface area contributed by atoms with Gasteiger partial charge in [-0.15, -0.1) is 0 Å². The van der Waals surface area contributed by atoms with Gasteiger partial charge in [0.05, 0.1) is 18.3 Å². The van der Waals surface area contributed by atoms with Crippen LogP contribution < -0.4 is 0 Å². The predicted octanol–water partition coefficient (Wildman–Crippen LogP) is 4.07. The van der Waals surface area contributed by atoms with Crippen LogP contribution in [0.15, 0.2) is 22.7 Å². The minimum Gasteiger partial charge on any atom is -0.377 e. The number of hydrogen-bond acceptors (Lipinski definition) is 2. The fourth-order valence-corrected chi connectivity index (χ4v) is 3.38. The molecule has 3 nitrogen and oxygen atoms in total. The van der Waals surface area contributed by atoms with Crippen molar-refractivity contribution in [2.75, 3.05) is 25.0 Å². The minimum atomic E-state index is 0.120. The van der Waals surface area contributed by atoms with Crippen LogP contribution in [0.1, 0.15) is 23.2 Å². The van der Waals surface area contributed by atoms with Crippen molar-refractivity contribution in [3.05, 3.63) is 31.8 Å². The highest BCUT2D eigenvalue weighted by Gasteiger charge is 2.25. The van der Waals surface area contributed by atoms with Crippen molar-refractivity contribution in [3.63, 3.8) is 0 Å². The fraction of sp³-hybridized carbons (Fsp3) is 0.500. The Hall–Kier alpha value is 0.340.